The summed E-state index contributed by atoms with van der Waals surface area (Å²) in [5.41, 5.74) is 2.21. The van der Waals surface area contributed by atoms with Gasteiger partial charge in [-0.25, -0.2) is 0 Å². The molecule has 0 saturated carbocycles. The fourth-order valence-corrected chi connectivity index (χ4v) is 4.02. The number of ether oxygens (including phenoxy) is 1. The average molecular weight is 357 g/mol. The molecule has 4 heteroatoms. The lowest BCUT2D eigenvalue weighted by molar-refractivity contribution is 0.227. The largest absolute Gasteiger partial charge is 0.453 e. The number of benzene rings is 1. The van der Waals surface area contributed by atoms with E-state index in [9.17, 15) is 0 Å². The molecule has 1 aliphatic carbocycles. The molecule has 0 unspecified atom stereocenters. The van der Waals surface area contributed by atoms with E-state index in [2.05, 4.69) is 40.2 Å². The van der Waals surface area contributed by atoms with E-state index in [1.165, 1.54) is 32.4 Å². The standard InChI is InChI=1S/C21H25ClN2O/c22-17-8-6-11-21-19(16-17)24(18-9-2-3-10-20(18)25-21)15-7-14-23-12-4-1-5-13-23/h2-3,6,9-11,16H,1,4-5,7-8,12-15H2. The van der Waals surface area contributed by atoms with E-state index >= 15 is 0 Å². The van der Waals surface area contributed by atoms with Crippen molar-refractivity contribution in [3.05, 3.63) is 59.0 Å². The Hall–Kier alpha value is -1.71. The van der Waals surface area contributed by atoms with E-state index in [0.717, 1.165) is 53.9 Å². The number of para-hydroxylation sites is 2. The van der Waals surface area contributed by atoms with Gasteiger partial charge < -0.3 is 14.5 Å². The molecule has 2 aliphatic heterocycles. The molecule has 0 spiro atoms. The van der Waals surface area contributed by atoms with Gasteiger partial charge >= 0.3 is 0 Å². The van der Waals surface area contributed by atoms with Crippen molar-refractivity contribution in [1.82, 2.24) is 4.90 Å². The first kappa shape index (κ1) is 16.7. The van der Waals surface area contributed by atoms with Crippen LogP contribution in [0.5, 0.6) is 5.75 Å². The van der Waals surface area contributed by atoms with E-state index in [4.69, 9.17) is 16.3 Å². The maximum absolute atomic E-state index is 6.37. The van der Waals surface area contributed by atoms with Crippen LogP contribution in [0.25, 0.3) is 0 Å². The van der Waals surface area contributed by atoms with Crippen molar-refractivity contribution >= 4 is 17.3 Å². The summed E-state index contributed by atoms with van der Waals surface area (Å²) in [4.78, 5) is 4.97. The number of fused-ring (bicyclic) bond motifs is 1. The smallest absolute Gasteiger partial charge is 0.151 e. The Bertz CT molecular complexity index is 716. The summed E-state index contributed by atoms with van der Waals surface area (Å²) >= 11 is 6.37. The number of allylic oxidation sites excluding steroid dienone is 4. The van der Waals surface area contributed by atoms with Crippen molar-refractivity contribution in [3.8, 4) is 5.75 Å². The van der Waals surface area contributed by atoms with Crippen molar-refractivity contribution < 1.29 is 4.74 Å². The number of anilines is 1. The zero-order valence-electron chi connectivity index (χ0n) is 14.6. The minimum absolute atomic E-state index is 0.760. The summed E-state index contributed by atoms with van der Waals surface area (Å²) in [5.74, 6) is 1.82. The van der Waals surface area contributed by atoms with Crippen LogP contribution >= 0.6 is 11.6 Å². The highest BCUT2D eigenvalue weighted by Gasteiger charge is 2.25. The second-order valence-corrected chi connectivity index (χ2v) is 7.41. The molecule has 0 radical (unpaired) electrons. The molecule has 0 atom stereocenters. The number of nitrogens with zero attached hydrogens (tertiary/aromatic N) is 2. The summed E-state index contributed by atoms with van der Waals surface area (Å²) in [5, 5.41) is 0.852. The first-order chi connectivity index (χ1) is 12.3. The van der Waals surface area contributed by atoms with E-state index in [0.29, 0.717) is 0 Å². The molecule has 0 aromatic heterocycles. The number of rotatable bonds is 4. The summed E-state index contributed by atoms with van der Waals surface area (Å²) in [7, 11) is 0. The zero-order chi connectivity index (χ0) is 17.1. The molecule has 0 N–H and O–H groups in total. The van der Waals surface area contributed by atoms with Crippen LogP contribution in [0.3, 0.4) is 0 Å². The average Bonchev–Trinajstić information content (AvgIpc) is 2.83. The predicted molar refractivity (Wildman–Crippen MR) is 104 cm³/mol. The maximum Gasteiger partial charge on any atom is 0.151 e. The highest BCUT2D eigenvalue weighted by atomic mass is 35.5. The van der Waals surface area contributed by atoms with E-state index in [1.807, 2.05) is 12.1 Å². The quantitative estimate of drug-likeness (QED) is 0.750. The SMILES string of the molecule is ClC1=CC2=C(C=CC1)Oc1ccccc1N2CCCN1CCCCC1. The van der Waals surface area contributed by atoms with Gasteiger partial charge in [0.2, 0.25) is 0 Å². The lowest BCUT2D eigenvalue weighted by Crippen LogP contribution is -2.34. The number of halogens is 1. The second-order valence-electron chi connectivity index (χ2n) is 6.92. The van der Waals surface area contributed by atoms with Gasteiger partial charge in [0.05, 0.1) is 11.4 Å². The number of hydrogen-bond donors (Lipinski definition) is 0. The van der Waals surface area contributed by atoms with Crippen LogP contribution in [-0.4, -0.2) is 31.1 Å². The molecule has 4 rings (SSSR count). The van der Waals surface area contributed by atoms with Gasteiger partial charge in [0.25, 0.3) is 0 Å². The fraction of sp³-hybridized carbons (Fsp3) is 0.429. The number of piperidine rings is 1. The van der Waals surface area contributed by atoms with Gasteiger partial charge in [-0.1, -0.05) is 36.2 Å². The van der Waals surface area contributed by atoms with Crippen LogP contribution < -0.4 is 9.64 Å². The minimum atomic E-state index is 0.760. The molecular formula is C21H25ClN2O. The summed E-state index contributed by atoms with van der Waals surface area (Å²) in [6.45, 7) is 4.64. The summed E-state index contributed by atoms with van der Waals surface area (Å²) in [6.07, 6.45) is 12.2. The van der Waals surface area contributed by atoms with Crippen molar-refractivity contribution in [2.45, 2.75) is 32.1 Å². The van der Waals surface area contributed by atoms with Crippen LogP contribution in [0.15, 0.2) is 59.0 Å². The molecule has 132 valence electrons. The molecule has 3 nitrogen and oxygen atoms in total. The van der Waals surface area contributed by atoms with Crippen molar-refractivity contribution in [2.24, 2.45) is 0 Å². The fourth-order valence-electron chi connectivity index (χ4n) is 3.83. The third-order valence-electron chi connectivity index (χ3n) is 5.10. The second kappa shape index (κ2) is 7.67. The molecule has 1 fully saturated rings. The van der Waals surface area contributed by atoms with Crippen LogP contribution in [0.1, 0.15) is 32.1 Å². The van der Waals surface area contributed by atoms with Crippen LogP contribution in [0, 0.1) is 0 Å². The predicted octanol–water partition coefficient (Wildman–Crippen LogP) is 5.06. The van der Waals surface area contributed by atoms with Crippen LogP contribution in [0.4, 0.5) is 5.69 Å². The van der Waals surface area contributed by atoms with Gasteiger partial charge in [0.15, 0.2) is 11.5 Å². The topological polar surface area (TPSA) is 15.7 Å². The Balaban J connectivity index is 1.55. The maximum atomic E-state index is 6.37. The first-order valence-corrected chi connectivity index (χ1v) is 9.73. The lowest BCUT2D eigenvalue weighted by atomic mass is 10.1. The van der Waals surface area contributed by atoms with E-state index < -0.39 is 0 Å². The Morgan fingerprint density at radius 2 is 1.88 bits per heavy atom. The molecule has 1 aromatic rings. The van der Waals surface area contributed by atoms with Crippen LogP contribution in [0.2, 0.25) is 0 Å². The zero-order valence-corrected chi connectivity index (χ0v) is 15.3. The number of hydrogen-bond acceptors (Lipinski definition) is 3. The van der Waals surface area contributed by atoms with Crippen molar-refractivity contribution in [3.63, 3.8) is 0 Å². The van der Waals surface area contributed by atoms with Crippen molar-refractivity contribution in [1.29, 1.82) is 0 Å². The first-order valence-electron chi connectivity index (χ1n) is 9.35. The minimum Gasteiger partial charge on any atom is -0.453 e. The molecule has 0 amide bonds. The van der Waals surface area contributed by atoms with E-state index in [1.54, 1.807) is 0 Å². The number of likely N-dealkylation sites (tertiary alicyclic amines) is 1. The summed E-state index contributed by atoms with van der Waals surface area (Å²) in [6, 6.07) is 8.28. The molecule has 25 heavy (non-hydrogen) atoms. The van der Waals surface area contributed by atoms with Gasteiger partial charge in [-0.3, -0.25) is 0 Å². The molecule has 1 aromatic carbocycles. The van der Waals surface area contributed by atoms with Gasteiger partial charge in [-0.05, 0) is 63.2 Å². The van der Waals surface area contributed by atoms with E-state index in [-0.39, 0.29) is 0 Å². The summed E-state index contributed by atoms with van der Waals surface area (Å²) < 4.78 is 6.13. The molecule has 0 bridgehead atoms. The van der Waals surface area contributed by atoms with Crippen LogP contribution in [-0.2, 0) is 0 Å². The van der Waals surface area contributed by atoms with Gasteiger partial charge in [0, 0.05) is 18.0 Å². The third-order valence-corrected chi connectivity index (χ3v) is 5.36. The molecular weight excluding hydrogens is 332 g/mol. The Kier molecular flexibility index (Phi) is 5.14. The van der Waals surface area contributed by atoms with Gasteiger partial charge in [-0.2, -0.15) is 0 Å². The Morgan fingerprint density at radius 1 is 1.04 bits per heavy atom. The highest BCUT2D eigenvalue weighted by molar-refractivity contribution is 6.30. The van der Waals surface area contributed by atoms with Gasteiger partial charge in [0.1, 0.15) is 0 Å². The molecule has 1 saturated heterocycles. The normalized spacial score (nSPS) is 20.5. The van der Waals surface area contributed by atoms with Crippen molar-refractivity contribution in [2.75, 3.05) is 31.1 Å². The third kappa shape index (κ3) is 3.78. The molecule has 2 heterocycles. The lowest BCUT2D eigenvalue weighted by Gasteiger charge is -2.34. The Morgan fingerprint density at radius 3 is 2.76 bits per heavy atom. The molecule has 3 aliphatic rings. The van der Waals surface area contributed by atoms with Gasteiger partial charge in [-0.15, -0.1) is 0 Å². The highest BCUT2D eigenvalue weighted by Crippen LogP contribution is 2.39. The Labute approximate surface area is 155 Å². The monoisotopic (exact) mass is 356 g/mol.